The summed E-state index contributed by atoms with van der Waals surface area (Å²) < 4.78 is 0. The lowest BCUT2D eigenvalue weighted by Gasteiger charge is -2.07. The molecular formula is C24H36N2O. The molecule has 27 heavy (non-hydrogen) atoms. The van der Waals surface area contributed by atoms with Crippen LogP contribution in [0.4, 0.5) is 0 Å². The van der Waals surface area contributed by atoms with Crippen LogP contribution in [0.1, 0.15) is 51.5 Å². The van der Waals surface area contributed by atoms with Gasteiger partial charge in [-0.1, -0.05) is 74.6 Å². The average Bonchev–Trinajstić information content (AvgIpc) is 2.99. The molecule has 0 fully saturated rings. The van der Waals surface area contributed by atoms with Crippen molar-refractivity contribution in [1.29, 1.82) is 0 Å². The second-order valence-electron chi connectivity index (χ2n) is 6.35. The second-order valence-corrected chi connectivity index (χ2v) is 6.35. The minimum Gasteiger partial charge on any atom is -0.356 e. The van der Waals surface area contributed by atoms with E-state index in [9.17, 15) is 4.79 Å². The Morgan fingerprint density at radius 1 is 0.963 bits per heavy atom. The number of nitrogens with one attached hydrogen (secondary N) is 2. The van der Waals surface area contributed by atoms with Crippen LogP contribution in [0.25, 0.3) is 0 Å². The van der Waals surface area contributed by atoms with Crippen molar-refractivity contribution in [3.8, 4) is 0 Å². The molecule has 1 amide bonds. The van der Waals surface area contributed by atoms with Gasteiger partial charge in [0.15, 0.2) is 0 Å². The van der Waals surface area contributed by atoms with Crippen molar-refractivity contribution < 1.29 is 4.79 Å². The van der Waals surface area contributed by atoms with Gasteiger partial charge in [-0.2, -0.15) is 0 Å². The highest BCUT2D eigenvalue weighted by molar-refractivity contribution is 5.75. The largest absolute Gasteiger partial charge is 0.356 e. The monoisotopic (exact) mass is 368 g/mol. The predicted molar refractivity (Wildman–Crippen MR) is 117 cm³/mol. The standard InChI is InChI=1S/C22H30N2O.C2H6/c25-22(24-18-9-15-21-10-4-1-2-5-11-21)16-19-23-17-8-14-20-12-6-3-7-13-20;1-2/h1,3-7,10-13,23H,2,8-9,14-19H2,(H,24,25);1-2H3. The molecule has 0 bridgehead atoms. The molecule has 0 heterocycles. The molecule has 1 aliphatic carbocycles. The lowest BCUT2D eigenvalue weighted by molar-refractivity contribution is -0.121. The molecular weight excluding hydrogens is 332 g/mol. The van der Waals surface area contributed by atoms with E-state index >= 15 is 0 Å². The predicted octanol–water partition coefficient (Wildman–Crippen LogP) is 4.96. The van der Waals surface area contributed by atoms with E-state index in [1.807, 2.05) is 19.9 Å². The molecule has 1 aromatic rings. The summed E-state index contributed by atoms with van der Waals surface area (Å²) in [6, 6.07) is 10.5. The van der Waals surface area contributed by atoms with E-state index < -0.39 is 0 Å². The average molecular weight is 369 g/mol. The normalized spacial score (nSPS) is 12.6. The van der Waals surface area contributed by atoms with Crippen molar-refractivity contribution in [2.45, 2.75) is 52.4 Å². The lowest BCUT2D eigenvalue weighted by atomic mass is 10.1. The van der Waals surface area contributed by atoms with E-state index in [0.29, 0.717) is 6.42 Å². The number of rotatable bonds is 11. The molecule has 0 saturated carbocycles. The zero-order valence-electron chi connectivity index (χ0n) is 17.0. The van der Waals surface area contributed by atoms with Crippen LogP contribution >= 0.6 is 0 Å². The third-order valence-electron chi connectivity index (χ3n) is 4.21. The maximum Gasteiger partial charge on any atom is 0.221 e. The molecule has 0 unspecified atom stereocenters. The van der Waals surface area contributed by atoms with Crippen molar-refractivity contribution in [3.05, 3.63) is 71.8 Å². The molecule has 0 aromatic heterocycles. The van der Waals surface area contributed by atoms with Crippen molar-refractivity contribution in [1.82, 2.24) is 10.6 Å². The third-order valence-corrected chi connectivity index (χ3v) is 4.21. The van der Waals surface area contributed by atoms with E-state index in [0.717, 1.165) is 51.7 Å². The summed E-state index contributed by atoms with van der Waals surface area (Å²) in [4.78, 5) is 11.8. The van der Waals surface area contributed by atoms with Gasteiger partial charge >= 0.3 is 0 Å². The maximum absolute atomic E-state index is 11.8. The van der Waals surface area contributed by atoms with E-state index in [-0.39, 0.29) is 5.91 Å². The maximum atomic E-state index is 11.8. The van der Waals surface area contributed by atoms with Crippen LogP contribution in [0.2, 0.25) is 0 Å². The smallest absolute Gasteiger partial charge is 0.221 e. The van der Waals surface area contributed by atoms with Crippen LogP contribution < -0.4 is 10.6 Å². The minimum atomic E-state index is 0.140. The van der Waals surface area contributed by atoms with Gasteiger partial charge in [0.05, 0.1) is 0 Å². The molecule has 0 aliphatic heterocycles. The lowest BCUT2D eigenvalue weighted by Crippen LogP contribution is -2.28. The molecule has 3 nitrogen and oxygen atoms in total. The van der Waals surface area contributed by atoms with Gasteiger partial charge in [0.1, 0.15) is 0 Å². The first-order valence-corrected chi connectivity index (χ1v) is 10.4. The molecule has 148 valence electrons. The number of carbonyl (C=O) groups is 1. The fraction of sp³-hybridized carbons (Fsp3) is 0.458. The number of amides is 1. The first-order chi connectivity index (χ1) is 13.3. The molecule has 0 spiro atoms. The first kappa shape index (κ1) is 22.9. The van der Waals surface area contributed by atoms with Crippen LogP contribution in [0.15, 0.2) is 66.3 Å². The fourth-order valence-corrected chi connectivity index (χ4v) is 2.79. The van der Waals surface area contributed by atoms with Gasteiger partial charge in [0, 0.05) is 19.5 Å². The molecule has 0 radical (unpaired) electrons. The summed E-state index contributed by atoms with van der Waals surface area (Å²) in [6.45, 7) is 6.46. The molecule has 2 rings (SSSR count). The Hall–Kier alpha value is -2.13. The van der Waals surface area contributed by atoms with E-state index in [1.54, 1.807) is 0 Å². The number of carbonyl (C=O) groups excluding carboxylic acids is 1. The topological polar surface area (TPSA) is 41.1 Å². The Kier molecular flexibility index (Phi) is 13.6. The van der Waals surface area contributed by atoms with Crippen molar-refractivity contribution >= 4 is 5.91 Å². The highest BCUT2D eigenvalue weighted by atomic mass is 16.1. The quantitative estimate of drug-likeness (QED) is 0.542. The Balaban J connectivity index is 0.00000176. The Bertz CT molecular complexity index is 588. The van der Waals surface area contributed by atoms with Crippen molar-refractivity contribution in [2.75, 3.05) is 19.6 Å². The Labute approximate surface area is 165 Å². The van der Waals surface area contributed by atoms with Gasteiger partial charge in [0.25, 0.3) is 0 Å². The number of aryl methyl sites for hydroxylation is 1. The number of hydrogen-bond acceptors (Lipinski definition) is 2. The molecule has 2 N–H and O–H groups in total. The van der Waals surface area contributed by atoms with Gasteiger partial charge < -0.3 is 10.6 Å². The van der Waals surface area contributed by atoms with E-state index in [4.69, 9.17) is 0 Å². The fourth-order valence-electron chi connectivity index (χ4n) is 2.79. The highest BCUT2D eigenvalue weighted by Crippen LogP contribution is 2.10. The summed E-state index contributed by atoms with van der Waals surface area (Å²) in [5.41, 5.74) is 2.71. The van der Waals surface area contributed by atoms with Gasteiger partial charge in [0.2, 0.25) is 5.91 Å². The summed E-state index contributed by atoms with van der Waals surface area (Å²) >= 11 is 0. The zero-order chi connectivity index (χ0) is 19.6. The number of benzene rings is 1. The molecule has 1 aliphatic rings. The van der Waals surface area contributed by atoms with Gasteiger partial charge in [-0.15, -0.1) is 0 Å². The van der Waals surface area contributed by atoms with E-state index in [2.05, 4.69) is 65.3 Å². The Morgan fingerprint density at radius 3 is 2.56 bits per heavy atom. The van der Waals surface area contributed by atoms with Gasteiger partial charge in [-0.05, 0) is 49.8 Å². The Morgan fingerprint density at radius 2 is 1.74 bits per heavy atom. The van der Waals surface area contributed by atoms with Crippen LogP contribution in [-0.2, 0) is 11.2 Å². The van der Waals surface area contributed by atoms with Crippen LogP contribution in [0, 0.1) is 0 Å². The van der Waals surface area contributed by atoms with Crippen molar-refractivity contribution in [2.24, 2.45) is 0 Å². The van der Waals surface area contributed by atoms with Crippen LogP contribution in [0.3, 0.4) is 0 Å². The molecule has 1 aromatic carbocycles. The van der Waals surface area contributed by atoms with Crippen molar-refractivity contribution in [3.63, 3.8) is 0 Å². The summed E-state index contributed by atoms with van der Waals surface area (Å²) in [5.74, 6) is 0.140. The third kappa shape index (κ3) is 12.0. The number of hydrogen-bond donors (Lipinski definition) is 2. The van der Waals surface area contributed by atoms with Crippen LogP contribution in [0.5, 0.6) is 0 Å². The number of allylic oxidation sites excluding steroid dienone is 6. The SMILES string of the molecule is CC.O=C(CCNCCCc1ccccc1)NCCCC1=CC=CCC=C1. The molecule has 3 heteroatoms. The second kappa shape index (κ2) is 16.1. The van der Waals surface area contributed by atoms with Crippen LogP contribution in [-0.4, -0.2) is 25.5 Å². The van der Waals surface area contributed by atoms with E-state index in [1.165, 1.54) is 11.1 Å². The first-order valence-electron chi connectivity index (χ1n) is 10.4. The summed E-state index contributed by atoms with van der Waals surface area (Å²) in [6.07, 6.45) is 16.5. The summed E-state index contributed by atoms with van der Waals surface area (Å²) in [7, 11) is 0. The molecule has 0 atom stereocenters. The minimum absolute atomic E-state index is 0.140. The zero-order valence-corrected chi connectivity index (χ0v) is 17.0. The summed E-state index contributed by atoms with van der Waals surface area (Å²) in [5, 5.41) is 6.36. The van der Waals surface area contributed by atoms with Gasteiger partial charge in [-0.25, -0.2) is 0 Å². The molecule has 0 saturated heterocycles. The highest BCUT2D eigenvalue weighted by Gasteiger charge is 2.01. The van der Waals surface area contributed by atoms with Gasteiger partial charge in [-0.3, -0.25) is 4.79 Å².